The molecule has 0 aromatic carbocycles. The number of ether oxygens (including phenoxy) is 1. The molecule has 0 saturated carbocycles. The lowest BCUT2D eigenvalue weighted by Crippen LogP contribution is -2.49. The van der Waals surface area contributed by atoms with E-state index in [1.165, 1.54) is 13.8 Å². The Morgan fingerprint density at radius 3 is 2.43 bits per heavy atom. The number of amides is 1. The maximum atomic E-state index is 11.2. The lowest BCUT2D eigenvalue weighted by atomic mass is 10.1. The first-order valence-electron chi connectivity index (χ1n) is 4.52. The molecule has 0 spiro atoms. The van der Waals surface area contributed by atoms with Gasteiger partial charge in [-0.3, -0.25) is 4.79 Å². The highest BCUT2D eigenvalue weighted by molar-refractivity contribution is 5.86. The molecular weight excluding hydrogens is 186 g/mol. The summed E-state index contributed by atoms with van der Waals surface area (Å²) < 4.78 is 4.97. The summed E-state index contributed by atoms with van der Waals surface area (Å²) in [6, 6.07) is 0. The van der Waals surface area contributed by atoms with Crippen LogP contribution in [0.15, 0.2) is 0 Å². The van der Waals surface area contributed by atoms with Gasteiger partial charge in [-0.2, -0.15) is 0 Å². The van der Waals surface area contributed by atoms with Crippen molar-refractivity contribution < 1.29 is 19.4 Å². The third-order valence-electron chi connectivity index (χ3n) is 1.66. The van der Waals surface area contributed by atoms with Crippen molar-refractivity contribution in [1.82, 2.24) is 5.32 Å². The van der Waals surface area contributed by atoms with Gasteiger partial charge in [-0.05, 0) is 20.8 Å². The number of hydrogen-bond acceptors (Lipinski definition) is 3. The monoisotopic (exact) mass is 203 g/mol. The average molecular weight is 203 g/mol. The highest BCUT2D eigenvalue weighted by Crippen LogP contribution is 2.02. The topological polar surface area (TPSA) is 75.6 Å². The lowest BCUT2D eigenvalue weighted by Gasteiger charge is -2.20. The molecule has 0 heterocycles. The smallest absolute Gasteiger partial charge is 0.328 e. The third-order valence-corrected chi connectivity index (χ3v) is 1.66. The molecule has 1 amide bonds. The molecular formula is C9H17NO4. The fourth-order valence-electron chi connectivity index (χ4n) is 0.774. The second-order valence-corrected chi connectivity index (χ2v) is 3.43. The second kappa shape index (κ2) is 5.59. The fourth-order valence-corrected chi connectivity index (χ4v) is 0.774. The molecule has 5 heteroatoms. The van der Waals surface area contributed by atoms with Gasteiger partial charge in [0.25, 0.3) is 0 Å². The summed E-state index contributed by atoms with van der Waals surface area (Å²) in [7, 11) is 0. The summed E-state index contributed by atoms with van der Waals surface area (Å²) in [5, 5.41) is 11.1. The Bertz CT molecular complexity index is 213. The number of carbonyl (C=O) groups is 2. The molecule has 0 radical (unpaired) electrons. The minimum absolute atomic E-state index is 0.185. The van der Waals surface area contributed by atoms with Crippen LogP contribution in [0.3, 0.4) is 0 Å². The van der Waals surface area contributed by atoms with Gasteiger partial charge in [0, 0.05) is 13.0 Å². The summed E-state index contributed by atoms with van der Waals surface area (Å²) in [4.78, 5) is 21.8. The average Bonchev–Trinajstić information content (AvgIpc) is 2.03. The number of carboxylic acids is 1. The van der Waals surface area contributed by atoms with E-state index in [2.05, 4.69) is 5.32 Å². The summed E-state index contributed by atoms with van der Waals surface area (Å²) >= 11 is 0. The van der Waals surface area contributed by atoms with Gasteiger partial charge in [0.05, 0.1) is 6.61 Å². The van der Waals surface area contributed by atoms with Gasteiger partial charge < -0.3 is 15.2 Å². The van der Waals surface area contributed by atoms with Crippen LogP contribution in [-0.2, 0) is 14.3 Å². The molecule has 0 aliphatic carbocycles. The van der Waals surface area contributed by atoms with Crippen LogP contribution in [0.2, 0.25) is 0 Å². The van der Waals surface area contributed by atoms with Crippen LogP contribution < -0.4 is 5.32 Å². The molecule has 5 nitrogen and oxygen atoms in total. The molecule has 0 aromatic rings. The van der Waals surface area contributed by atoms with Crippen molar-refractivity contribution in [2.75, 3.05) is 13.2 Å². The predicted octanol–water partition coefficient (Wildman–Crippen LogP) is 0.392. The second-order valence-electron chi connectivity index (χ2n) is 3.43. The van der Waals surface area contributed by atoms with Crippen molar-refractivity contribution in [1.29, 1.82) is 0 Å². The maximum absolute atomic E-state index is 11.2. The molecule has 0 rings (SSSR count). The fraction of sp³-hybridized carbons (Fsp3) is 0.778. The Morgan fingerprint density at radius 1 is 1.43 bits per heavy atom. The number of aliphatic carboxylic acids is 1. The molecule has 0 bridgehead atoms. The van der Waals surface area contributed by atoms with Crippen LogP contribution in [0.25, 0.3) is 0 Å². The van der Waals surface area contributed by atoms with Gasteiger partial charge in [-0.15, -0.1) is 0 Å². The SMILES string of the molecule is CCOCCC(=O)NC(C)(C)C(=O)O. The van der Waals surface area contributed by atoms with Gasteiger partial charge in [0.1, 0.15) is 5.54 Å². The van der Waals surface area contributed by atoms with Crippen molar-refractivity contribution in [3.63, 3.8) is 0 Å². The molecule has 14 heavy (non-hydrogen) atoms. The molecule has 2 N–H and O–H groups in total. The van der Waals surface area contributed by atoms with Crippen LogP contribution >= 0.6 is 0 Å². The largest absolute Gasteiger partial charge is 0.480 e. The van der Waals surface area contributed by atoms with E-state index in [9.17, 15) is 9.59 Å². The van der Waals surface area contributed by atoms with Crippen molar-refractivity contribution in [2.45, 2.75) is 32.7 Å². The van der Waals surface area contributed by atoms with E-state index >= 15 is 0 Å². The van der Waals surface area contributed by atoms with Crippen LogP contribution in [0, 0.1) is 0 Å². The first-order chi connectivity index (χ1) is 6.40. The lowest BCUT2D eigenvalue weighted by molar-refractivity contribution is -0.146. The highest BCUT2D eigenvalue weighted by Gasteiger charge is 2.28. The minimum Gasteiger partial charge on any atom is -0.480 e. The molecule has 0 aromatic heterocycles. The number of carboxylic acid groups (broad SMARTS) is 1. The van der Waals surface area contributed by atoms with Crippen molar-refractivity contribution in [3.05, 3.63) is 0 Å². The molecule has 0 aliphatic heterocycles. The first-order valence-corrected chi connectivity index (χ1v) is 4.52. The predicted molar refractivity (Wildman–Crippen MR) is 51.0 cm³/mol. The van der Waals surface area contributed by atoms with E-state index in [1.807, 2.05) is 6.92 Å². The Morgan fingerprint density at radius 2 is 2.00 bits per heavy atom. The van der Waals surface area contributed by atoms with Gasteiger partial charge >= 0.3 is 5.97 Å². The zero-order chi connectivity index (χ0) is 11.2. The van der Waals surface area contributed by atoms with Gasteiger partial charge in [0.15, 0.2) is 0 Å². The Kier molecular flexibility index (Phi) is 5.15. The summed E-state index contributed by atoms with van der Waals surface area (Å²) in [6.07, 6.45) is 0.185. The van der Waals surface area contributed by atoms with Crippen LogP contribution in [0.1, 0.15) is 27.2 Å². The Labute approximate surface area is 83.4 Å². The normalized spacial score (nSPS) is 11.1. The summed E-state index contributed by atoms with van der Waals surface area (Å²) in [5.74, 6) is -1.37. The van der Waals surface area contributed by atoms with Crippen molar-refractivity contribution >= 4 is 11.9 Å². The molecule has 0 unspecified atom stereocenters. The Hall–Kier alpha value is -1.10. The molecule has 0 fully saturated rings. The number of hydrogen-bond donors (Lipinski definition) is 2. The third kappa shape index (κ3) is 4.81. The summed E-state index contributed by atoms with van der Waals surface area (Å²) in [6.45, 7) is 5.58. The van der Waals surface area contributed by atoms with E-state index in [1.54, 1.807) is 0 Å². The van der Waals surface area contributed by atoms with E-state index in [0.717, 1.165) is 0 Å². The molecule has 0 atom stereocenters. The Balaban J connectivity index is 3.88. The standard InChI is InChI=1S/C9H17NO4/c1-4-14-6-5-7(11)10-9(2,3)8(12)13/h4-6H2,1-3H3,(H,10,11)(H,12,13). The number of carbonyl (C=O) groups excluding carboxylic acids is 1. The van der Waals surface area contributed by atoms with E-state index in [4.69, 9.17) is 9.84 Å². The maximum Gasteiger partial charge on any atom is 0.328 e. The van der Waals surface area contributed by atoms with E-state index in [0.29, 0.717) is 13.2 Å². The quantitative estimate of drug-likeness (QED) is 0.612. The van der Waals surface area contributed by atoms with Gasteiger partial charge in [-0.1, -0.05) is 0 Å². The zero-order valence-corrected chi connectivity index (χ0v) is 8.79. The van der Waals surface area contributed by atoms with Crippen LogP contribution in [0.5, 0.6) is 0 Å². The van der Waals surface area contributed by atoms with Crippen molar-refractivity contribution in [2.24, 2.45) is 0 Å². The van der Waals surface area contributed by atoms with Gasteiger partial charge in [0.2, 0.25) is 5.91 Å². The zero-order valence-electron chi connectivity index (χ0n) is 8.79. The molecule has 0 aliphatic rings. The van der Waals surface area contributed by atoms with E-state index < -0.39 is 11.5 Å². The summed E-state index contributed by atoms with van der Waals surface area (Å²) in [5.41, 5.74) is -1.22. The van der Waals surface area contributed by atoms with E-state index in [-0.39, 0.29) is 12.3 Å². The first kappa shape index (κ1) is 12.9. The minimum atomic E-state index is -1.22. The number of rotatable bonds is 6. The van der Waals surface area contributed by atoms with Crippen LogP contribution in [-0.4, -0.2) is 35.7 Å². The molecule has 0 saturated heterocycles. The number of nitrogens with one attached hydrogen (secondary N) is 1. The van der Waals surface area contributed by atoms with Crippen molar-refractivity contribution in [3.8, 4) is 0 Å². The highest BCUT2D eigenvalue weighted by atomic mass is 16.5. The van der Waals surface area contributed by atoms with Gasteiger partial charge in [-0.25, -0.2) is 4.79 Å². The van der Waals surface area contributed by atoms with Crippen LogP contribution in [0.4, 0.5) is 0 Å². The molecule has 82 valence electrons.